The molecule has 0 saturated carbocycles. The molecule has 2 aromatic carbocycles. The van der Waals surface area contributed by atoms with Gasteiger partial charge in [-0.25, -0.2) is 0 Å². The Bertz CT molecular complexity index is 592. The number of ether oxygens (including phenoxy) is 1. The predicted molar refractivity (Wildman–Crippen MR) is 92.8 cm³/mol. The summed E-state index contributed by atoms with van der Waals surface area (Å²) in [6, 6.07) is 19.7. The van der Waals surface area contributed by atoms with E-state index in [9.17, 15) is 0 Å². The first-order valence-corrected chi connectivity index (χ1v) is 8.39. The van der Waals surface area contributed by atoms with Crippen molar-refractivity contribution in [1.82, 2.24) is 0 Å². The molecule has 4 N–H and O–H groups in total. The summed E-state index contributed by atoms with van der Waals surface area (Å²) < 4.78 is 5.26. The van der Waals surface area contributed by atoms with Crippen molar-refractivity contribution >= 4 is 5.69 Å². The number of rotatable bonds is 5. The highest BCUT2D eigenvalue weighted by Gasteiger charge is 2.29. The largest absolute Gasteiger partial charge is 0.497 e. The van der Waals surface area contributed by atoms with E-state index < -0.39 is 0 Å². The number of anilines is 1. The number of hydrogen-bond donors (Lipinski definition) is 2. The number of quaternary nitrogens is 2. The molecule has 0 amide bonds. The molecule has 3 rings (SSSR count). The molecule has 1 heterocycles. The van der Waals surface area contributed by atoms with E-state index in [2.05, 4.69) is 65.2 Å². The molecule has 0 unspecified atom stereocenters. The zero-order valence-electron chi connectivity index (χ0n) is 13.9. The zero-order chi connectivity index (χ0) is 16.1. The van der Waals surface area contributed by atoms with E-state index in [4.69, 9.17) is 4.74 Å². The molecule has 0 aliphatic carbocycles. The fourth-order valence-corrected chi connectivity index (χ4v) is 3.48. The molecule has 23 heavy (non-hydrogen) atoms. The van der Waals surface area contributed by atoms with Crippen LogP contribution in [-0.4, -0.2) is 39.8 Å². The Balaban J connectivity index is 1.65. The second kappa shape index (κ2) is 7.49. The van der Waals surface area contributed by atoms with Crippen molar-refractivity contribution in [2.24, 2.45) is 0 Å². The molecule has 1 atom stereocenters. The summed E-state index contributed by atoms with van der Waals surface area (Å²) in [5, 5.41) is 0. The Morgan fingerprint density at radius 1 is 1.04 bits per heavy atom. The van der Waals surface area contributed by atoms with E-state index in [0.29, 0.717) is 6.04 Å². The van der Waals surface area contributed by atoms with Crippen LogP contribution in [0, 0.1) is 0 Å². The Kier molecular flexibility index (Phi) is 5.16. The average Bonchev–Trinajstić information content (AvgIpc) is 2.64. The zero-order valence-corrected chi connectivity index (χ0v) is 13.9. The summed E-state index contributed by atoms with van der Waals surface area (Å²) in [7, 11) is 1.71. The molecule has 1 aliphatic rings. The molecule has 0 spiro atoms. The van der Waals surface area contributed by atoms with Crippen LogP contribution in [0.4, 0.5) is 5.69 Å². The molecule has 122 valence electrons. The fraction of sp³-hybridized carbons (Fsp3) is 0.368. The van der Waals surface area contributed by atoms with E-state index in [-0.39, 0.29) is 0 Å². The molecule has 1 aliphatic heterocycles. The van der Waals surface area contributed by atoms with Gasteiger partial charge in [-0.15, -0.1) is 0 Å². The molecular weight excluding hydrogens is 286 g/mol. The Morgan fingerprint density at radius 3 is 2.26 bits per heavy atom. The summed E-state index contributed by atoms with van der Waals surface area (Å²) in [4.78, 5) is 4.12. The number of benzene rings is 2. The van der Waals surface area contributed by atoms with Crippen LogP contribution >= 0.6 is 0 Å². The van der Waals surface area contributed by atoms with Crippen LogP contribution in [-0.2, 0) is 0 Å². The van der Waals surface area contributed by atoms with Crippen LogP contribution in [0.25, 0.3) is 0 Å². The van der Waals surface area contributed by atoms with Gasteiger partial charge in [-0.3, -0.25) is 0 Å². The number of nitrogens with zero attached hydrogens (tertiary/aromatic N) is 1. The lowest BCUT2D eigenvalue weighted by atomic mass is 10.0. The number of methoxy groups -OCH3 is 1. The van der Waals surface area contributed by atoms with Crippen molar-refractivity contribution in [3.05, 3.63) is 60.2 Å². The van der Waals surface area contributed by atoms with Crippen molar-refractivity contribution < 1.29 is 15.4 Å². The minimum Gasteiger partial charge on any atom is -0.497 e. The van der Waals surface area contributed by atoms with Crippen LogP contribution in [0.5, 0.6) is 5.75 Å². The monoisotopic (exact) mass is 313 g/mol. The quantitative estimate of drug-likeness (QED) is 0.838. The minimum atomic E-state index is 0.471. The van der Waals surface area contributed by atoms with Crippen molar-refractivity contribution in [2.75, 3.05) is 44.7 Å². The average molecular weight is 313 g/mol. The maximum absolute atomic E-state index is 5.26. The van der Waals surface area contributed by atoms with Crippen LogP contribution < -0.4 is 20.3 Å². The predicted octanol–water partition coefficient (Wildman–Crippen LogP) is 0.383. The highest BCUT2D eigenvalue weighted by atomic mass is 16.5. The van der Waals surface area contributed by atoms with Crippen LogP contribution in [0.3, 0.4) is 0 Å². The van der Waals surface area contributed by atoms with Crippen LogP contribution in [0.1, 0.15) is 11.6 Å². The number of nitrogens with one attached hydrogen (secondary N) is 1. The van der Waals surface area contributed by atoms with Gasteiger partial charge in [-0.2, -0.15) is 0 Å². The van der Waals surface area contributed by atoms with Crippen molar-refractivity contribution in [3.8, 4) is 5.75 Å². The first-order valence-electron chi connectivity index (χ1n) is 8.39. The van der Waals surface area contributed by atoms with Crippen LogP contribution in [0.15, 0.2) is 54.6 Å². The second-order valence-corrected chi connectivity index (χ2v) is 6.10. The number of piperazine rings is 1. The summed E-state index contributed by atoms with van der Waals surface area (Å²) in [6.07, 6.45) is 0. The lowest BCUT2D eigenvalue weighted by Crippen LogP contribution is -3.16. The van der Waals surface area contributed by atoms with Crippen molar-refractivity contribution in [1.29, 1.82) is 0 Å². The molecular formula is C19H27N3O+2. The first kappa shape index (κ1) is 15.8. The first-order chi connectivity index (χ1) is 11.3. The standard InChI is InChI=1S/C19H25N3O/c1-23-18-9-7-16(8-10-18)19(15-20)22-13-11-21(12-14-22)17-5-3-2-4-6-17/h2-10,19H,11-15,20H2,1H3/p+2/t19-/m1/s1. The highest BCUT2D eigenvalue weighted by Crippen LogP contribution is 2.16. The lowest BCUT2D eigenvalue weighted by molar-refractivity contribution is -0.938. The highest BCUT2D eigenvalue weighted by molar-refractivity contribution is 5.46. The number of para-hydroxylation sites is 1. The maximum Gasteiger partial charge on any atom is 0.163 e. The van der Waals surface area contributed by atoms with Gasteiger partial charge in [0.15, 0.2) is 6.04 Å². The topological polar surface area (TPSA) is 44.6 Å². The van der Waals surface area contributed by atoms with Gasteiger partial charge in [0.05, 0.1) is 33.3 Å². The Labute approximate surface area is 138 Å². The van der Waals surface area contributed by atoms with Gasteiger partial charge in [0, 0.05) is 11.3 Å². The van der Waals surface area contributed by atoms with E-state index in [1.807, 2.05) is 0 Å². The third-order valence-electron chi connectivity index (χ3n) is 4.83. The van der Waals surface area contributed by atoms with E-state index in [0.717, 1.165) is 38.5 Å². The van der Waals surface area contributed by atoms with Crippen molar-refractivity contribution in [3.63, 3.8) is 0 Å². The lowest BCUT2D eigenvalue weighted by Gasteiger charge is -2.36. The summed E-state index contributed by atoms with van der Waals surface area (Å²) >= 11 is 0. The van der Waals surface area contributed by atoms with Gasteiger partial charge in [0.2, 0.25) is 0 Å². The third kappa shape index (κ3) is 3.66. The van der Waals surface area contributed by atoms with Gasteiger partial charge < -0.3 is 20.3 Å². The van der Waals surface area contributed by atoms with E-state index >= 15 is 0 Å². The Hall–Kier alpha value is -2.04. The van der Waals surface area contributed by atoms with Gasteiger partial charge in [0.1, 0.15) is 12.3 Å². The van der Waals surface area contributed by atoms with E-state index in [1.54, 1.807) is 12.0 Å². The summed E-state index contributed by atoms with van der Waals surface area (Å²) in [5.74, 6) is 0.917. The third-order valence-corrected chi connectivity index (χ3v) is 4.83. The normalized spacial score (nSPS) is 17.0. The minimum absolute atomic E-state index is 0.471. The van der Waals surface area contributed by atoms with Gasteiger partial charge in [-0.1, -0.05) is 18.2 Å². The molecule has 0 radical (unpaired) electrons. The van der Waals surface area contributed by atoms with Gasteiger partial charge in [0.25, 0.3) is 0 Å². The molecule has 2 aromatic rings. The van der Waals surface area contributed by atoms with Crippen LogP contribution in [0.2, 0.25) is 0 Å². The second-order valence-electron chi connectivity index (χ2n) is 6.10. The van der Waals surface area contributed by atoms with Gasteiger partial charge >= 0.3 is 0 Å². The van der Waals surface area contributed by atoms with Crippen molar-refractivity contribution in [2.45, 2.75) is 6.04 Å². The number of hydrogen-bond acceptors (Lipinski definition) is 2. The van der Waals surface area contributed by atoms with E-state index in [1.165, 1.54) is 11.3 Å². The molecule has 1 saturated heterocycles. The molecule has 4 heteroatoms. The maximum atomic E-state index is 5.26. The molecule has 4 nitrogen and oxygen atoms in total. The Morgan fingerprint density at radius 2 is 1.70 bits per heavy atom. The molecule has 0 aromatic heterocycles. The summed E-state index contributed by atoms with van der Waals surface area (Å²) in [6.45, 7) is 5.44. The van der Waals surface area contributed by atoms with Gasteiger partial charge in [-0.05, 0) is 36.4 Å². The SMILES string of the molecule is COc1ccc([C@@H](C[NH3+])[NH+]2CCN(c3ccccc3)CC2)cc1. The molecule has 1 fully saturated rings. The fourth-order valence-electron chi connectivity index (χ4n) is 3.48. The smallest absolute Gasteiger partial charge is 0.163 e. The molecule has 0 bridgehead atoms. The summed E-state index contributed by atoms with van der Waals surface area (Å²) in [5.41, 5.74) is 6.89.